The Kier molecular flexibility index (Phi) is 6.20. The smallest absolute Gasteiger partial charge is 0.246 e. The van der Waals surface area contributed by atoms with Crippen LogP contribution in [-0.4, -0.2) is 59.5 Å². The lowest BCUT2D eigenvalue weighted by Crippen LogP contribution is -2.39. The van der Waals surface area contributed by atoms with Crippen molar-refractivity contribution in [3.63, 3.8) is 0 Å². The summed E-state index contributed by atoms with van der Waals surface area (Å²) in [7, 11) is -1.94. The minimum absolute atomic E-state index is 0.00183. The van der Waals surface area contributed by atoms with Crippen LogP contribution in [-0.2, 0) is 21.9 Å². The number of rotatable bonds is 5. The van der Waals surface area contributed by atoms with E-state index in [-0.39, 0.29) is 17.3 Å². The second-order valence-corrected chi connectivity index (χ2v) is 9.62. The Bertz CT molecular complexity index is 1090. The predicted molar refractivity (Wildman–Crippen MR) is 118 cm³/mol. The van der Waals surface area contributed by atoms with Crippen molar-refractivity contribution in [2.75, 3.05) is 26.2 Å². The highest BCUT2D eigenvalue weighted by atomic mass is 32.2. The van der Waals surface area contributed by atoms with Gasteiger partial charge in [0.15, 0.2) is 0 Å². The van der Waals surface area contributed by atoms with Crippen LogP contribution in [0.1, 0.15) is 23.5 Å². The summed E-state index contributed by atoms with van der Waals surface area (Å²) in [4.78, 5) is 15.6. The molecule has 31 heavy (non-hydrogen) atoms. The highest BCUT2D eigenvalue weighted by Crippen LogP contribution is 2.28. The fourth-order valence-electron chi connectivity index (χ4n) is 3.99. The Morgan fingerprint density at radius 3 is 2.06 bits per heavy atom. The number of sulfonamides is 1. The van der Waals surface area contributed by atoms with Crippen LogP contribution in [0.2, 0.25) is 0 Å². The summed E-state index contributed by atoms with van der Waals surface area (Å²) >= 11 is 0. The number of amides is 1. The van der Waals surface area contributed by atoms with Gasteiger partial charge in [0.05, 0.1) is 12.1 Å². The highest BCUT2D eigenvalue weighted by molar-refractivity contribution is 7.89. The van der Waals surface area contributed by atoms with Gasteiger partial charge in [-0.05, 0) is 17.5 Å². The average Bonchev–Trinajstić information content (AvgIpc) is 3.07. The average molecular weight is 439 g/mol. The fourth-order valence-corrected chi connectivity index (χ4v) is 5.44. The van der Waals surface area contributed by atoms with Crippen molar-refractivity contribution in [1.29, 1.82) is 0 Å². The third-order valence-corrected chi connectivity index (χ3v) is 7.45. The Balaban J connectivity index is 1.56. The van der Waals surface area contributed by atoms with E-state index in [4.69, 9.17) is 0 Å². The van der Waals surface area contributed by atoms with Crippen molar-refractivity contribution in [1.82, 2.24) is 19.0 Å². The Labute approximate surface area is 183 Å². The molecule has 0 aliphatic carbocycles. The molecule has 0 unspecified atom stereocenters. The predicted octanol–water partition coefficient (Wildman–Crippen LogP) is 2.48. The van der Waals surface area contributed by atoms with Gasteiger partial charge >= 0.3 is 0 Å². The molecule has 0 N–H and O–H groups in total. The van der Waals surface area contributed by atoms with E-state index in [1.165, 1.54) is 21.4 Å². The van der Waals surface area contributed by atoms with Crippen LogP contribution in [0.4, 0.5) is 0 Å². The number of nitrogens with zero attached hydrogens (tertiary/aromatic N) is 4. The number of hydrogen-bond acceptors (Lipinski definition) is 4. The van der Waals surface area contributed by atoms with Crippen LogP contribution >= 0.6 is 0 Å². The van der Waals surface area contributed by atoms with Crippen LogP contribution in [0.15, 0.2) is 78.0 Å². The van der Waals surface area contributed by atoms with E-state index in [1.807, 2.05) is 60.7 Å². The number of aromatic nitrogens is 2. The van der Waals surface area contributed by atoms with Crippen LogP contribution in [0.5, 0.6) is 0 Å². The molecule has 3 aromatic rings. The van der Waals surface area contributed by atoms with Gasteiger partial charge in [0.2, 0.25) is 15.9 Å². The Morgan fingerprint density at radius 1 is 0.903 bits per heavy atom. The van der Waals surface area contributed by atoms with Crippen molar-refractivity contribution in [3.05, 3.63) is 84.2 Å². The van der Waals surface area contributed by atoms with Crippen molar-refractivity contribution in [2.45, 2.75) is 17.2 Å². The number of aryl methyl sites for hydroxylation is 1. The molecule has 2 heterocycles. The molecule has 0 saturated carbocycles. The van der Waals surface area contributed by atoms with Crippen molar-refractivity contribution < 1.29 is 13.2 Å². The highest BCUT2D eigenvalue weighted by Gasteiger charge is 2.32. The van der Waals surface area contributed by atoms with Gasteiger partial charge in [-0.25, -0.2) is 8.42 Å². The number of carbonyl (C=O) groups excluding carboxylic acids is 1. The minimum Gasteiger partial charge on any atom is -0.341 e. The molecule has 1 aliphatic heterocycles. The van der Waals surface area contributed by atoms with Gasteiger partial charge < -0.3 is 4.90 Å². The summed E-state index contributed by atoms with van der Waals surface area (Å²) in [6.07, 6.45) is 3.45. The molecule has 8 heteroatoms. The SMILES string of the molecule is Cn1cc(S(=O)(=O)N2CCCN(C(=O)C(c3ccccc3)c3ccccc3)CC2)cn1. The minimum atomic E-state index is -3.63. The summed E-state index contributed by atoms with van der Waals surface area (Å²) in [5.41, 5.74) is 1.87. The van der Waals surface area contributed by atoms with Crippen LogP contribution in [0, 0.1) is 0 Å². The van der Waals surface area contributed by atoms with Gasteiger partial charge in [-0.15, -0.1) is 0 Å². The van der Waals surface area contributed by atoms with E-state index in [0.717, 1.165) is 11.1 Å². The number of benzene rings is 2. The lowest BCUT2D eigenvalue weighted by atomic mass is 9.90. The second-order valence-electron chi connectivity index (χ2n) is 7.69. The molecule has 1 saturated heterocycles. The molecule has 1 aromatic heterocycles. The molecule has 1 fully saturated rings. The number of carbonyl (C=O) groups is 1. The summed E-state index contributed by atoms with van der Waals surface area (Å²) in [5.74, 6) is -0.415. The summed E-state index contributed by atoms with van der Waals surface area (Å²) in [6.45, 7) is 1.52. The monoisotopic (exact) mass is 438 g/mol. The summed E-state index contributed by atoms with van der Waals surface area (Å²) < 4.78 is 28.9. The van der Waals surface area contributed by atoms with Crippen molar-refractivity contribution in [3.8, 4) is 0 Å². The molecule has 0 bridgehead atoms. The van der Waals surface area contributed by atoms with Gasteiger partial charge in [-0.3, -0.25) is 9.48 Å². The molecule has 0 radical (unpaired) electrons. The maximum atomic E-state index is 13.6. The molecular weight excluding hydrogens is 412 g/mol. The van der Waals surface area contributed by atoms with Gasteiger partial charge in [0.25, 0.3) is 0 Å². The van der Waals surface area contributed by atoms with E-state index in [1.54, 1.807) is 11.9 Å². The topological polar surface area (TPSA) is 75.5 Å². The van der Waals surface area contributed by atoms with E-state index < -0.39 is 15.9 Å². The summed E-state index contributed by atoms with van der Waals surface area (Å²) in [6, 6.07) is 19.5. The molecule has 4 rings (SSSR count). The zero-order valence-electron chi connectivity index (χ0n) is 17.5. The standard InChI is InChI=1S/C23H26N4O3S/c1-25-18-21(17-24-25)31(29,30)27-14-8-13-26(15-16-27)23(28)22(19-9-4-2-5-10-19)20-11-6-3-7-12-20/h2-7,9-12,17-18,22H,8,13-16H2,1H3. The first-order valence-electron chi connectivity index (χ1n) is 10.3. The van der Waals surface area contributed by atoms with Crippen molar-refractivity contribution >= 4 is 15.9 Å². The molecule has 0 spiro atoms. The lowest BCUT2D eigenvalue weighted by molar-refractivity contribution is -0.131. The zero-order valence-corrected chi connectivity index (χ0v) is 18.3. The Morgan fingerprint density at radius 2 is 1.52 bits per heavy atom. The molecule has 1 aliphatic rings. The first-order valence-corrected chi connectivity index (χ1v) is 11.8. The van der Waals surface area contributed by atoms with Crippen LogP contribution < -0.4 is 0 Å². The zero-order chi connectivity index (χ0) is 21.8. The van der Waals surface area contributed by atoms with Gasteiger partial charge in [-0.2, -0.15) is 9.40 Å². The molecule has 2 aromatic carbocycles. The van der Waals surface area contributed by atoms with E-state index in [2.05, 4.69) is 5.10 Å². The molecule has 1 amide bonds. The van der Waals surface area contributed by atoms with Gasteiger partial charge in [-0.1, -0.05) is 60.7 Å². The maximum absolute atomic E-state index is 13.6. The first kappa shape index (κ1) is 21.3. The third kappa shape index (κ3) is 4.55. The number of hydrogen-bond donors (Lipinski definition) is 0. The Hall–Kier alpha value is -2.97. The molecule has 0 atom stereocenters. The van der Waals surface area contributed by atoms with Crippen LogP contribution in [0.3, 0.4) is 0 Å². The lowest BCUT2D eigenvalue weighted by Gasteiger charge is -2.27. The van der Waals surface area contributed by atoms with E-state index in [0.29, 0.717) is 26.1 Å². The summed E-state index contributed by atoms with van der Waals surface area (Å²) in [5, 5.41) is 3.98. The van der Waals surface area contributed by atoms with Gasteiger partial charge in [0, 0.05) is 39.4 Å². The van der Waals surface area contributed by atoms with E-state index in [9.17, 15) is 13.2 Å². The largest absolute Gasteiger partial charge is 0.341 e. The fraction of sp³-hybridized carbons (Fsp3) is 0.304. The van der Waals surface area contributed by atoms with Crippen LogP contribution in [0.25, 0.3) is 0 Å². The normalized spacial score (nSPS) is 15.7. The quantitative estimate of drug-likeness (QED) is 0.613. The first-order chi connectivity index (χ1) is 15.0. The van der Waals surface area contributed by atoms with E-state index >= 15 is 0 Å². The molecular formula is C23H26N4O3S. The maximum Gasteiger partial charge on any atom is 0.246 e. The third-order valence-electron chi connectivity index (χ3n) is 5.60. The van der Waals surface area contributed by atoms with Crippen molar-refractivity contribution in [2.24, 2.45) is 7.05 Å². The molecule has 7 nitrogen and oxygen atoms in total. The van der Waals surface area contributed by atoms with Gasteiger partial charge in [0.1, 0.15) is 4.90 Å². The second kappa shape index (κ2) is 9.03. The molecule has 162 valence electrons.